The summed E-state index contributed by atoms with van der Waals surface area (Å²) >= 11 is 0. The Morgan fingerprint density at radius 3 is 2.27 bits per heavy atom. The first-order valence-electron chi connectivity index (χ1n) is 10.8. The van der Waals surface area contributed by atoms with Crippen LogP contribution in [0.4, 0.5) is 22.8 Å². The molecule has 0 spiro atoms. The van der Waals surface area contributed by atoms with Crippen LogP contribution in [0.3, 0.4) is 0 Å². The zero-order chi connectivity index (χ0) is 25.0. The topological polar surface area (TPSA) is 77.1 Å². The standard InChI is InChI=1S/C22H33F3N2O5Si/c1-21(2,3)31-20(29)27-13-16(26-19(28)30-14-15-10-8-7-9-11-15)12-17(27)18(22(23,24)25)32-33(4,5)6/h7-11,16-18H,12-14H2,1-6H3,(H,26,28)/t16?,17-,18+/m1/s1. The Morgan fingerprint density at radius 2 is 1.76 bits per heavy atom. The highest BCUT2D eigenvalue weighted by molar-refractivity contribution is 6.69. The van der Waals surface area contributed by atoms with Gasteiger partial charge < -0.3 is 24.1 Å². The fourth-order valence-electron chi connectivity index (χ4n) is 3.46. The minimum absolute atomic E-state index is 0.0164. The fraction of sp³-hybridized carbons (Fsp3) is 0.636. The van der Waals surface area contributed by atoms with Gasteiger partial charge in [0, 0.05) is 6.54 Å². The molecule has 1 N–H and O–H groups in total. The van der Waals surface area contributed by atoms with Gasteiger partial charge in [0.2, 0.25) is 0 Å². The maximum atomic E-state index is 14.0. The van der Waals surface area contributed by atoms with Crippen LogP contribution in [0.25, 0.3) is 0 Å². The third kappa shape index (κ3) is 8.88. The maximum Gasteiger partial charge on any atom is 0.415 e. The quantitative estimate of drug-likeness (QED) is 0.563. The number of ether oxygens (including phenoxy) is 2. The van der Waals surface area contributed by atoms with Crippen molar-refractivity contribution in [2.75, 3.05) is 6.54 Å². The van der Waals surface area contributed by atoms with E-state index in [0.717, 1.165) is 10.5 Å². The van der Waals surface area contributed by atoms with Crippen LogP contribution in [0, 0.1) is 0 Å². The van der Waals surface area contributed by atoms with Crippen molar-refractivity contribution in [3.63, 3.8) is 0 Å². The average molecular weight is 491 g/mol. The van der Waals surface area contributed by atoms with E-state index in [4.69, 9.17) is 13.9 Å². The molecule has 1 aromatic rings. The molecular formula is C22H33F3N2O5Si. The smallest absolute Gasteiger partial charge is 0.415 e. The highest BCUT2D eigenvalue weighted by Gasteiger charge is 2.54. The molecule has 7 nitrogen and oxygen atoms in total. The molecule has 0 aromatic heterocycles. The number of rotatable bonds is 6. The molecule has 2 amide bonds. The fourth-order valence-corrected chi connectivity index (χ4v) is 4.52. The van der Waals surface area contributed by atoms with Crippen LogP contribution < -0.4 is 5.32 Å². The average Bonchev–Trinajstić information content (AvgIpc) is 3.06. The highest BCUT2D eigenvalue weighted by Crippen LogP contribution is 2.35. The highest BCUT2D eigenvalue weighted by atomic mass is 28.4. The molecule has 1 fully saturated rings. The zero-order valence-electron chi connectivity index (χ0n) is 19.9. The molecule has 2 rings (SSSR count). The molecule has 11 heteroatoms. The van der Waals surface area contributed by atoms with E-state index in [-0.39, 0.29) is 19.6 Å². The van der Waals surface area contributed by atoms with E-state index in [1.165, 1.54) is 0 Å². The normalized spacial score (nSPS) is 20.3. The molecule has 0 saturated carbocycles. The lowest BCUT2D eigenvalue weighted by atomic mass is 10.1. The van der Waals surface area contributed by atoms with Crippen LogP contribution in [0.2, 0.25) is 19.6 Å². The SMILES string of the molecule is CC(C)(C)OC(=O)N1CC(NC(=O)OCc2ccccc2)C[C@@H]1[C@H](O[Si](C)(C)C)C(F)(F)F. The number of alkyl carbamates (subject to hydrolysis) is 1. The molecule has 1 aromatic carbocycles. The van der Waals surface area contributed by atoms with Gasteiger partial charge in [0.05, 0.1) is 12.1 Å². The van der Waals surface area contributed by atoms with Gasteiger partial charge >= 0.3 is 18.4 Å². The maximum absolute atomic E-state index is 14.0. The first-order valence-corrected chi connectivity index (χ1v) is 14.2. The van der Waals surface area contributed by atoms with Crippen molar-refractivity contribution >= 4 is 20.5 Å². The predicted octanol–water partition coefficient (Wildman–Crippen LogP) is 5.07. The van der Waals surface area contributed by atoms with Gasteiger partial charge in [-0.25, -0.2) is 9.59 Å². The second-order valence-corrected chi connectivity index (χ2v) is 14.5. The Labute approximate surface area is 193 Å². The van der Waals surface area contributed by atoms with E-state index in [0.29, 0.717) is 0 Å². The van der Waals surface area contributed by atoms with Crippen molar-refractivity contribution in [3.05, 3.63) is 35.9 Å². The van der Waals surface area contributed by atoms with E-state index >= 15 is 0 Å². The Kier molecular flexibility index (Phi) is 8.45. The number of halogens is 3. The molecule has 3 atom stereocenters. The Bertz CT molecular complexity index is 809. The van der Waals surface area contributed by atoms with Crippen molar-refractivity contribution in [2.45, 2.75) is 83.4 Å². The van der Waals surface area contributed by atoms with E-state index in [9.17, 15) is 22.8 Å². The van der Waals surface area contributed by atoms with E-state index < -0.39 is 50.5 Å². The van der Waals surface area contributed by atoms with Gasteiger partial charge in [-0.2, -0.15) is 13.2 Å². The molecule has 1 heterocycles. The lowest BCUT2D eigenvalue weighted by molar-refractivity contribution is -0.211. The van der Waals surface area contributed by atoms with Gasteiger partial charge in [0.15, 0.2) is 14.4 Å². The Balaban J connectivity index is 2.17. The summed E-state index contributed by atoms with van der Waals surface area (Å²) in [5.41, 5.74) is -0.122. The summed E-state index contributed by atoms with van der Waals surface area (Å²) in [6, 6.07) is 6.90. The minimum atomic E-state index is -4.70. The van der Waals surface area contributed by atoms with Crippen molar-refractivity contribution < 1.29 is 36.7 Å². The third-order valence-corrected chi connectivity index (χ3v) is 5.62. The Hall–Kier alpha value is -2.27. The number of amides is 2. The first-order chi connectivity index (χ1) is 15.0. The minimum Gasteiger partial charge on any atom is -0.445 e. The van der Waals surface area contributed by atoms with Gasteiger partial charge in [0.25, 0.3) is 0 Å². The number of carbonyl (C=O) groups excluding carboxylic acids is 2. The lowest BCUT2D eigenvalue weighted by Gasteiger charge is -2.36. The van der Waals surface area contributed by atoms with Crippen molar-refractivity contribution in [2.24, 2.45) is 0 Å². The molecule has 1 unspecified atom stereocenters. The van der Waals surface area contributed by atoms with Gasteiger partial charge in [-0.15, -0.1) is 0 Å². The summed E-state index contributed by atoms with van der Waals surface area (Å²) in [6.07, 6.45) is -8.70. The predicted molar refractivity (Wildman–Crippen MR) is 119 cm³/mol. The largest absolute Gasteiger partial charge is 0.445 e. The Morgan fingerprint density at radius 1 is 1.15 bits per heavy atom. The molecule has 0 aliphatic carbocycles. The van der Waals surface area contributed by atoms with Crippen LogP contribution in [-0.4, -0.2) is 61.9 Å². The summed E-state index contributed by atoms with van der Waals surface area (Å²) in [6.45, 7) is 9.70. The number of benzene rings is 1. The van der Waals surface area contributed by atoms with Crippen LogP contribution in [0.1, 0.15) is 32.8 Å². The molecule has 1 aliphatic rings. The summed E-state index contributed by atoms with van der Waals surface area (Å²) in [5.74, 6) is 0. The number of hydrogen-bond donors (Lipinski definition) is 1. The van der Waals surface area contributed by atoms with Crippen LogP contribution in [-0.2, 0) is 20.5 Å². The van der Waals surface area contributed by atoms with Crippen molar-refractivity contribution in [3.8, 4) is 0 Å². The first kappa shape index (κ1) is 27.0. The van der Waals surface area contributed by atoms with Gasteiger partial charge in [-0.05, 0) is 52.4 Å². The monoisotopic (exact) mass is 490 g/mol. The summed E-state index contributed by atoms with van der Waals surface area (Å²) < 4.78 is 57.9. The summed E-state index contributed by atoms with van der Waals surface area (Å²) in [4.78, 5) is 26.0. The second-order valence-electron chi connectivity index (χ2n) is 10.0. The van der Waals surface area contributed by atoms with Gasteiger partial charge in [0.1, 0.15) is 12.2 Å². The third-order valence-electron chi connectivity index (χ3n) is 4.66. The van der Waals surface area contributed by atoms with Crippen LogP contribution in [0.5, 0.6) is 0 Å². The molecule has 186 valence electrons. The lowest BCUT2D eigenvalue weighted by Crippen LogP contribution is -2.54. The second kappa shape index (κ2) is 10.3. The van der Waals surface area contributed by atoms with Crippen LogP contribution >= 0.6 is 0 Å². The van der Waals surface area contributed by atoms with Crippen molar-refractivity contribution in [1.29, 1.82) is 0 Å². The zero-order valence-corrected chi connectivity index (χ0v) is 20.9. The van der Waals surface area contributed by atoms with E-state index in [1.807, 2.05) is 6.07 Å². The number of likely N-dealkylation sites (tertiary alicyclic amines) is 1. The van der Waals surface area contributed by atoms with E-state index in [1.54, 1.807) is 64.7 Å². The van der Waals surface area contributed by atoms with Gasteiger partial charge in [-0.1, -0.05) is 30.3 Å². The molecule has 1 aliphatic heterocycles. The molecule has 0 bridgehead atoms. The molecule has 33 heavy (non-hydrogen) atoms. The van der Waals surface area contributed by atoms with Crippen LogP contribution in [0.15, 0.2) is 30.3 Å². The number of nitrogens with zero attached hydrogens (tertiary/aromatic N) is 1. The van der Waals surface area contributed by atoms with E-state index in [2.05, 4.69) is 5.32 Å². The van der Waals surface area contributed by atoms with Crippen molar-refractivity contribution in [1.82, 2.24) is 10.2 Å². The summed E-state index contributed by atoms with van der Waals surface area (Å²) in [7, 11) is -2.62. The number of nitrogens with one attached hydrogen (secondary N) is 1. The summed E-state index contributed by atoms with van der Waals surface area (Å²) in [5, 5.41) is 2.57. The molecule has 0 radical (unpaired) electrons. The number of alkyl halides is 3. The van der Waals surface area contributed by atoms with Gasteiger partial charge in [-0.3, -0.25) is 0 Å². The molecule has 1 saturated heterocycles. The molecular weight excluding hydrogens is 457 g/mol. The number of hydrogen-bond acceptors (Lipinski definition) is 5. The number of carbonyl (C=O) groups is 2.